The normalized spacial score (nSPS) is 20.0. The van der Waals surface area contributed by atoms with Gasteiger partial charge < -0.3 is 19.9 Å². The Morgan fingerprint density at radius 2 is 2.07 bits per heavy atom. The Morgan fingerprint density at radius 1 is 1.32 bits per heavy atom. The van der Waals surface area contributed by atoms with Crippen LogP contribution in [0.4, 0.5) is 0 Å². The Balaban J connectivity index is 1.63. The molecule has 6 heteroatoms. The highest BCUT2D eigenvalue weighted by Crippen LogP contribution is 2.42. The van der Waals surface area contributed by atoms with E-state index in [0.717, 1.165) is 32.1 Å². The molecule has 1 amide bonds. The van der Waals surface area contributed by atoms with Crippen molar-refractivity contribution in [3.8, 4) is 11.5 Å². The molecule has 1 aliphatic carbocycles. The number of rotatable bonds is 7. The van der Waals surface area contributed by atoms with E-state index in [-0.39, 0.29) is 42.5 Å². The van der Waals surface area contributed by atoms with E-state index in [1.807, 2.05) is 13.8 Å². The monoisotopic (exact) mass is 389 g/mol. The SMILES string of the molecule is CC[C@H](C)[C@H](CO)NC(=O)COc1ccc2c(c1)OC1(CCCCC1)CC2=O. The molecule has 0 radical (unpaired) electrons. The number of ketones is 1. The Hall–Kier alpha value is -2.08. The second-order valence-electron chi connectivity index (χ2n) is 8.13. The van der Waals surface area contributed by atoms with Gasteiger partial charge in [0.25, 0.3) is 5.91 Å². The van der Waals surface area contributed by atoms with Crippen molar-refractivity contribution in [1.82, 2.24) is 5.32 Å². The van der Waals surface area contributed by atoms with Crippen LogP contribution in [0.3, 0.4) is 0 Å². The number of aliphatic hydroxyl groups excluding tert-OH is 1. The van der Waals surface area contributed by atoms with Gasteiger partial charge >= 0.3 is 0 Å². The third-order valence-electron chi connectivity index (χ3n) is 6.07. The summed E-state index contributed by atoms with van der Waals surface area (Å²) >= 11 is 0. The maximum absolute atomic E-state index is 12.6. The average molecular weight is 389 g/mol. The molecule has 2 N–H and O–H groups in total. The van der Waals surface area contributed by atoms with Crippen molar-refractivity contribution in [3.63, 3.8) is 0 Å². The van der Waals surface area contributed by atoms with Gasteiger partial charge in [0.2, 0.25) is 0 Å². The minimum absolute atomic E-state index is 0.0996. The lowest BCUT2D eigenvalue weighted by atomic mass is 9.78. The number of fused-ring (bicyclic) bond motifs is 1. The van der Waals surface area contributed by atoms with Crippen LogP contribution in [0.5, 0.6) is 11.5 Å². The Morgan fingerprint density at radius 3 is 2.75 bits per heavy atom. The zero-order chi connectivity index (χ0) is 20.1. The zero-order valence-electron chi connectivity index (χ0n) is 16.8. The molecule has 1 aliphatic heterocycles. The van der Waals surface area contributed by atoms with Crippen LogP contribution < -0.4 is 14.8 Å². The van der Waals surface area contributed by atoms with E-state index in [9.17, 15) is 14.7 Å². The van der Waals surface area contributed by atoms with Crippen LogP contribution in [0, 0.1) is 5.92 Å². The molecule has 3 rings (SSSR count). The number of nitrogens with one attached hydrogen (secondary N) is 1. The van der Waals surface area contributed by atoms with Gasteiger partial charge in [0.05, 0.1) is 24.6 Å². The predicted molar refractivity (Wildman–Crippen MR) is 106 cm³/mol. The fourth-order valence-corrected chi connectivity index (χ4v) is 4.09. The van der Waals surface area contributed by atoms with E-state index in [4.69, 9.17) is 9.47 Å². The summed E-state index contributed by atoms with van der Waals surface area (Å²) in [7, 11) is 0. The van der Waals surface area contributed by atoms with Crippen molar-refractivity contribution < 1.29 is 24.2 Å². The fourth-order valence-electron chi connectivity index (χ4n) is 4.09. The molecule has 1 saturated carbocycles. The third kappa shape index (κ3) is 4.66. The lowest BCUT2D eigenvalue weighted by Gasteiger charge is -2.40. The van der Waals surface area contributed by atoms with Gasteiger partial charge in [-0.25, -0.2) is 0 Å². The van der Waals surface area contributed by atoms with Crippen LogP contribution in [0.2, 0.25) is 0 Å². The maximum Gasteiger partial charge on any atom is 0.258 e. The Kier molecular flexibility index (Phi) is 6.60. The molecule has 1 aromatic carbocycles. The summed E-state index contributed by atoms with van der Waals surface area (Å²) in [6, 6.07) is 4.85. The summed E-state index contributed by atoms with van der Waals surface area (Å²) in [6.07, 6.45) is 6.48. The first kappa shape index (κ1) is 20.6. The number of benzene rings is 1. The lowest BCUT2D eigenvalue weighted by Crippen LogP contribution is -2.44. The van der Waals surface area contributed by atoms with Crippen LogP contribution in [0.15, 0.2) is 18.2 Å². The molecular formula is C22H31NO5. The molecule has 0 unspecified atom stereocenters. The summed E-state index contributed by atoms with van der Waals surface area (Å²) in [5, 5.41) is 12.2. The van der Waals surface area contributed by atoms with Gasteiger partial charge in [0.1, 0.15) is 17.1 Å². The zero-order valence-corrected chi connectivity index (χ0v) is 16.8. The van der Waals surface area contributed by atoms with Crippen molar-refractivity contribution in [3.05, 3.63) is 23.8 Å². The molecule has 1 fully saturated rings. The van der Waals surface area contributed by atoms with E-state index in [2.05, 4.69) is 5.32 Å². The number of hydrogen-bond donors (Lipinski definition) is 2. The summed E-state index contributed by atoms with van der Waals surface area (Å²) in [5.74, 6) is 1.08. The standard InChI is InChI=1S/C22H31NO5/c1-3-15(2)18(13-24)23-21(26)14-27-16-7-8-17-19(25)12-22(28-20(17)11-16)9-5-4-6-10-22/h7-8,11,15,18,24H,3-6,9-10,12-14H2,1-2H3,(H,23,26)/t15-,18-/m0/s1. The van der Waals surface area contributed by atoms with Crippen molar-refractivity contribution >= 4 is 11.7 Å². The first-order chi connectivity index (χ1) is 13.5. The van der Waals surface area contributed by atoms with Gasteiger partial charge in [-0.1, -0.05) is 26.7 Å². The molecule has 2 aliphatic rings. The highest BCUT2D eigenvalue weighted by atomic mass is 16.5. The van der Waals surface area contributed by atoms with Crippen molar-refractivity contribution in [2.24, 2.45) is 5.92 Å². The van der Waals surface area contributed by atoms with Crippen LogP contribution in [0.25, 0.3) is 0 Å². The van der Waals surface area contributed by atoms with Gasteiger partial charge in [0, 0.05) is 6.07 Å². The quantitative estimate of drug-likeness (QED) is 0.748. The summed E-state index contributed by atoms with van der Waals surface area (Å²) in [5.41, 5.74) is 0.216. The molecule has 0 aromatic heterocycles. The molecule has 1 heterocycles. The summed E-state index contributed by atoms with van der Waals surface area (Å²) < 4.78 is 11.9. The average Bonchev–Trinajstić information content (AvgIpc) is 2.70. The number of hydrogen-bond acceptors (Lipinski definition) is 5. The minimum Gasteiger partial charge on any atom is -0.486 e. The molecule has 1 aromatic rings. The molecule has 154 valence electrons. The number of amides is 1. The van der Waals surface area contributed by atoms with Gasteiger partial charge in [-0.2, -0.15) is 0 Å². The predicted octanol–water partition coefficient (Wildman–Crippen LogP) is 3.26. The van der Waals surface area contributed by atoms with E-state index in [0.29, 0.717) is 23.5 Å². The summed E-state index contributed by atoms with van der Waals surface area (Å²) in [6.45, 7) is 3.76. The van der Waals surface area contributed by atoms with E-state index >= 15 is 0 Å². The van der Waals surface area contributed by atoms with Gasteiger partial charge in [-0.15, -0.1) is 0 Å². The second-order valence-corrected chi connectivity index (χ2v) is 8.13. The second kappa shape index (κ2) is 8.95. The van der Waals surface area contributed by atoms with Gasteiger partial charge in [-0.3, -0.25) is 9.59 Å². The highest BCUT2D eigenvalue weighted by Gasteiger charge is 2.41. The molecule has 0 saturated heterocycles. The Labute approximate surface area is 166 Å². The van der Waals surface area contributed by atoms with Crippen LogP contribution >= 0.6 is 0 Å². The topological polar surface area (TPSA) is 84.9 Å². The summed E-state index contributed by atoms with van der Waals surface area (Å²) in [4.78, 5) is 24.7. The van der Waals surface area contributed by atoms with E-state index < -0.39 is 0 Å². The van der Waals surface area contributed by atoms with Crippen molar-refractivity contribution in [2.75, 3.05) is 13.2 Å². The number of aliphatic hydroxyl groups is 1. The van der Waals surface area contributed by atoms with Crippen molar-refractivity contribution in [1.29, 1.82) is 0 Å². The maximum atomic E-state index is 12.6. The van der Waals surface area contributed by atoms with Crippen LogP contribution in [-0.2, 0) is 4.79 Å². The van der Waals surface area contributed by atoms with Crippen molar-refractivity contribution in [2.45, 2.75) is 70.4 Å². The Bertz CT molecular complexity index is 711. The number of Topliss-reactive ketones (excluding diaryl/α,β-unsaturated/α-hetero) is 1. The smallest absolute Gasteiger partial charge is 0.258 e. The van der Waals surface area contributed by atoms with Crippen LogP contribution in [-0.4, -0.2) is 41.7 Å². The molecular weight excluding hydrogens is 358 g/mol. The minimum atomic E-state index is -0.372. The number of ether oxygens (including phenoxy) is 2. The third-order valence-corrected chi connectivity index (χ3v) is 6.07. The van der Waals surface area contributed by atoms with Gasteiger partial charge in [0.15, 0.2) is 12.4 Å². The van der Waals surface area contributed by atoms with E-state index in [1.54, 1.807) is 18.2 Å². The number of carbonyl (C=O) groups excluding carboxylic acids is 2. The van der Waals surface area contributed by atoms with Crippen LogP contribution in [0.1, 0.15) is 69.2 Å². The van der Waals surface area contributed by atoms with Gasteiger partial charge in [-0.05, 0) is 43.7 Å². The highest BCUT2D eigenvalue weighted by molar-refractivity contribution is 6.00. The first-order valence-corrected chi connectivity index (χ1v) is 10.4. The number of carbonyl (C=O) groups is 2. The van der Waals surface area contributed by atoms with E-state index in [1.165, 1.54) is 6.42 Å². The lowest BCUT2D eigenvalue weighted by molar-refractivity contribution is -0.124. The molecule has 28 heavy (non-hydrogen) atoms. The molecule has 6 nitrogen and oxygen atoms in total. The first-order valence-electron chi connectivity index (χ1n) is 10.4. The molecule has 0 bridgehead atoms. The fraction of sp³-hybridized carbons (Fsp3) is 0.636. The molecule has 1 spiro atoms. The molecule has 2 atom stereocenters. The largest absolute Gasteiger partial charge is 0.486 e.